The van der Waals surface area contributed by atoms with E-state index in [0.29, 0.717) is 18.1 Å². The molecular formula is C17H21N5O2. The number of aryl methyl sites for hydroxylation is 1. The highest BCUT2D eigenvalue weighted by Gasteiger charge is 2.32. The number of carbonyl (C=O) groups is 1. The summed E-state index contributed by atoms with van der Waals surface area (Å²) >= 11 is 0. The standard InChI is InChI=1S/C17H21N5O2/c1-12-7-19-14(11-18-12)15(23)20-8-13-9-21-16(22-10-13)17(2)5-3-4-6-24-17/h7,9-11H,3-6,8H2,1-2H3,(H,20,23)/t17-/m0/s1. The number of rotatable bonds is 4. The van der Waals surface area contributed by atoms with Crippen LogP contribution in [-0.2, 0) is 16.9 Å². The van der Waals surface area contributed by atoms with Gasteiger partial charge in [0.25, 0.3) is 5.91 Å². The van der Waals surface area contributed by atoms with Gasteiger partial charge in [-0.3, -0.25) is 9.78 Å². The lowest BCUT2D eigenvalue weighted by molar-refractivity contribution is -0.0760. The zero-order valence-electron chi connectivity index (χ0n) is 14.0. The predicted octanol–water partition coefficient (Wildman–Crippen LogP) is 1.92. The Hall–Kier alpha value is -2.41. The van der Waals surface area contributed by atoms with Gasteiger partial charge in [-0.25, -0.2) is 15.0 Å². The third-order valence-electron chi connectivity index (χ3n) is 4.11. The molecular weight excluding hydrogens is 306 g/mol. The number of hydrogen-bond acceptors (Lipinski definition) is 6. The molecule has 1 fully saturated rings. The van der Waals surface area contributed by atoms with Crippen LogP contribution in [0.3, 0.4) is 0 Å². The van der Waals surface area contributed by atoms with Gasteiger partial charge in [-0.2, -0.15) is 0 Å². The number of nitrogens with zero attached hydrogens (tertiary/aromatic N) is 4. The zero-order valence-corrected chi connectivity index (χ0v) is 14.0. The van der Waals surface area contributed by atoms with Crippen LogP contribution >= 0.6 is 0 Å². The van der Waals surface area contributed by atoms with Crippen molar-refractivity contribution in [1.82, 2.24) is 25.3 Å². The largest absolute Gasteiger partial charge is 0.367 e. The van der Waals surface area contributed by atoms with Crippen LogP contribution in [0.4, 0.5) is 0 Å². The van der Waals surface area contributed by atoms with Crippen LogP contribution < -0.4 is 5.32 Å². The molecule has 1 aliphatic heterocycles. The predicted molar refractivity (Wildman–Crippen MR) is 87.1 cm³/mol. The summed E-state index contributed by atoms with van der Waals surface area (Å²) in [4.78, 5) is 29.0. The lowest BCUT2D eigenvalue weighted by Crippen LogP contribution is -2.32. The average Bonchev–Trinajstić information content (AvgIpc) is 2.61. The van der Waals surface area contributed by atoms with E-state index in [0.717, 1.165) is 37.1 Å². The number of carbonyl (C=O) groups excluding carboxylic acids is 1. The van der Waals surface area contributed by atoms with E-state index in [1.165, 1.54) is 6.20 Å². The highest BCUT2D eigenvalue weighted by atomic mass is 16.5. The molecule has 1 saturated heterocycles. The van der Waals surface area contributed by atoms with Gasteiger partial charge in [-0.15, -0.1) is 0 Å². The van der Waals surface area contributed by atoms with E-state index < -0.39 is 5.60 Å². The Morgan fingerprint density at radius 2 is 1.96 bits per heavy atom. The average molecular weight is 327 g/mol. The monoisotopic (exact) mass is 327 g/mol. The lowest BCUT2D eigenvalue weighted by Gasteiger charge is -2.32. The second kappa shape index (κ2) is 7.00. The van der Waals surface area contributed by atoms with Gasteiger partial charge >= 0.3 is 0 Å². The molecule has 0 spiro atoms. The SMILES string of the molecule is Cc1cnc(C(=O)NCc2cnc([C@]3(C)CCCCO3)nc2)cn1. The van der Waals surface area contributed by atoms with Crippen molar-refractivity contribution in [2.45, 2.75) is 45.3 Å². The number of nitrogens with one attached hydrogen (secondary N) is 1. The number of amides is 1. The van der Waals surface area contributed by atoms with E-state index in [1.807, 2.05) is 13.8 Å². The van der Waals surface area contributed by atoms with Gasteiger partial charge in [0.05, 0.1) is 11.9 Å². The zero-order chi connectivity index (χ0) is 17.0. The molecule has 0 aliphatic carbocycles. The Morgan fingerprint density at radius 1 is 1.17 bits per heavy atom. The third-order valence-corrected chi connectivity index (χ3v) is 4.11. The molecule has 0 bridgehead atoms. The fourth-order valence-corrected chi connectivity index (χ4v) is 2.61. The van der Waals surface area contributed by atoms with Crippen molar-refractivity contribution in [2.24, 2.45) is 0 Å². The highest BCUT2D eigenvalue weighted by molar-refractivity contribution is 5.91. The van der Waals surface area contributed by atoms with Gasteiger partial charge in [-0.1, -0.05) is 0 Å². The van der Waals surface area contributed by atoms with Gasteiger partial charge in [0.2, 0.25) is 0 Å². The summed E-state index contributed by atoms with van der Waals surface area (Å²) in [5.41, 5.74) is 1.49. The van der Waals surface area contributed by atoms with Crippen molar-refractivity contribution >= 4 is 5.91 Å². The number of hydrogen-bond donors (Lipinski definition) is 1. The first-order chi connectivity index (χ1) is 11.6. The Morgan fingerprint density at radius 3 is 2.58 bits per heavy atom. The molecule has 7 nitrogen and oxygen atoms in total. The molecule has 0 aromatic carbocycles. The van der Waals surface area contributed by atoms with E-state index in [-0.39, 0.29) is 5.91 Å². The fourth-order valence-electron chi connectivity index (χ4n) is 2.61. The van der Waals surface area contributed by atoms with E-state index in [9.17, 15) is 4.79 Å². The molecule has 7 heteroatoms. The Bertz CT molecular complexity index is 694. The smallest absolute Gasteiger partial charge is 0.271 e. The maximum Gasteiger partial charge on any atom is 0.271 e. The van der Waals surface area contributed by atoms with Crippen LogP contribution in [0.1, 0.15) is 53.8 Å². The Kier molecular flexibility index (Phi) is 4.80. The van der Waals surface area contributed by atoms with Crippen molar-refractivity contribution in [3.8, 4) is 0 Å². The van der Waals surface area contributed by atoms with Crippen LogP contribution in [0.15, 0.2) is 24.8 Å². The van der Waals surface area contributed by atoms with Crippen LogP contribution in [0.5, 0.6) is 0 Å². The molecule has 0 unspecified atom stereocenters. The van der Waals surface area contributed by atoms with Crippen molar-refractivity contribution in [3.63, 3.8) is 0 Å². The second-order valence-corrected chi connectivity index (χ2v) is 6.18. The summed E-state index contributed by atoms with van der Waals surface area (Å²) in [7, 11) is 0. The molecule has 1 atom stereocenters. The fraction of sp³-hybridized carbons (Fsp3) is 0.471. The molecule has 1 aliphatic rings. The maximum absolute atomic E-state index is 12.0. The van der Waals surface area contributed by atoms with Crippen molar-refractivity contribution in [2.75, 3.05) is 6.61 Å². The van der Waals surface area contributed by atoms with Crippen molar-refractivity contribution in [3.05, 3.63) is 47.6 Å². The van der Waals surface area contributed by atoms with Gasteiger partial charge in [0.1, 0.15) is 11.3 Å². The van der Waals surface area contributed by atoms with Crippen LogP contribution in [0.2, 0.25) is 0 Å². The molecule has 3 rings (SSSR count). The molecule has 0 radical (unpaired) electrons. The molecule has 2 aromatic rings. The lowest BCUT2D eigenvalue weighted by atomic mass is 9.95. The quantitative estimate of drug-likeness (QED) is 0.923. The van der Waals surface area contributed by atoms with Gasteiger partial charge in [-0.05, 0) is 33.1 Å². The summed E-state index contributed by atoms with van der Waals surface area (Å²) in [6.45, 7) is 4.94. The van der Waals surface area contributed by atoms with Crippen LogP contribution in [-0.4, -0.2) is 32.4 Å². The first-order valence-corrected chi connectivity index (χ1v) is 8.09. The van der Waals surface area contributed by atoms with Gasteiger partial charge in [0.15, 0.2) is 5.82 Å². The number of aromatic nitrogens is 4. The molecule has 1 amide bonds. The Balaban J connectivity index is 1.60. The second-order valence-electron chi connectivity index (χ2n) is 6.18. The van der Waals surface area contributed by atoms with Gasteiger partial charge in [0, 0.05) is 37.3 Å². The summed E-state index contributed by atoms with van der Waals surface area (Å²) < 4.78 is 5.85. The van der Waals surface area contributed by atoms with E-state index in [2.05, 4.69) is 25.3 Å². The minimum absolute atomic E-state index is 0.269. The molecule has 24 heavy (non-hydrogen) atoms. The summed E-state index contributed by atoms with van der Waals surface area (Å²) in [6, 6.07) is 0. The third kappa shape index (κ3) is 3.73. The van der Waals surface area contributed by atoms with E-state index in [4.69, 9.17) is 4.74 Å². The first kappa shape index (κ1) is 16.4. The molecule has 0 saturated carbocycles. The normalized spacial score (nSPS) is 20.6. The van der Waals surface area contributed by atoms with Crippen LogP contribution in [0, 0.1) is 6.92 Å². The van der Waals surface area contributed by atoms with Crippen LogP contribution in [0.25, 0.3) is 0 Å². The topological polar surface area (TPSA) is 89.9 Å². The Labute approximate surface area is 140 Å². The van der Waals surface area contributed by atoms with Crippen molar-refractivity contribution < 1.29 is 9.53 Å². The summed E-state index contributed by atoms with van der Waals surface area (Å²) in [6.07, 6.45) is 9.62. The maximum atomic E-state index is 12.0. The minimum Gasteiger partial charge on any atom is -0.367 e. The molecule has 2 aromatic heterocycles. The molecule has 1 N–H and O–H groups in total. The molecule has 126 valence electrons. The van der Waals surface area contributed by atoms with Crippen molar-refractivity contribution in [1.29, 1.82) is 0 Å². The van der Waals surface area contributed by atoms with Gasteiger partial charge < -0.3 is 10.1 Å². The summed E-state index contributed by atoms with van der Waals surface area (Å²) in [5.74, 6) is 0.427. The van der Waals surface area contributed by atoms with E-state index >= 15 is 0 Å². The minimum atomic E-state index is -0.405. The first-order valence-electron chi connectivity index (χ1n) is 8.09. The molecule has 3 heterocycles. The highest BCUT2D eigenvalue weighted by Crippen LogP contribution is 2.32. The summed E-state index contributed by atoms with van der Waals surface area (Å²) in [5, 5.41) is 2.79. The number of ether oxygens (including phenoxy) is 1. The van der Waals surface area contributed by atoms with E-state index in [1.54, 1.807) is 18.6 Å².